The highest BCUT2D eigenvalue weighted by molar-refractivity contribution is 7.19. The monoisotopic (exact) mass is 341 g/mol. The molecule has 0 amide bonds. The third-order valence-corrected chi connectivity index (χ3v) is 5.61. The van der Waals surface area contributed by atoms with Gasteiger partial charge in [-0.05, 0) is 42.5 Å². The molecule has 0 radical (unpaired) electrons. The molecule has 2 heterocycles. The molecule has 2 aromatic heterocycles. The molecule has 6 heteroatoms. The van der Waals surface area contributed by atoms with Crippen molar-refractivity contribution in [3.63, 3.8) is 0 Å². The molecule has 0 unspecified atom stereocenters. The van der Waals surface area contributed by atoms with Crippen LogP contribution in [-0.4, -0.2) is 24.2 Å². The highest BCUT2D eigenvalue weighted by atomic mass is 32.1. The summed E-state index contributed by atoms with van der Waals surface area (Å²) < 4.78 is 10.7. The minimum absolute atomic E-state index is 0.678. The van der Waals surface area contributed by atoms with E-state index in [9.17, 15) is 0 Å². The number of hydrogen-bond acceptors (Lipinski definition) is 6. The predicted octanol–water partition coefficient (Wildman–Crippen LogP) is 3.81. The first-order chi connectivity index (χ1) is 11.8. The van der Waals surface area contributed by atoms with Crippen molar-refractivity contribution in [2.24, 2.45) is 0 Å². The second kappa shape index (κ2) is 6.28. The van der Waals surface area contributed by atoms with Gasteiger partial charge >= 0.3 is 0 Å². The summed E-state index contributed by atoms with van der Waals surface area (Å²) >= 11 is 1.81. The zero-order chi connectivity index (χ0) is 16.5. The fourth-order valence-corrected chi connectivity index (χ4v) is 4.47. The van der Waals surface area contributed by atoms with Crippen LogP contribution in [0.15, 0.2) is 24.5 Å². The molecule has 0 aliphatic heterocycles. The quantitative estimate of drug-likeness (QED) is 0.765. The molecule has 0 atom stereocenters. The number of ether oxygens (including phenoxy) is 2. The molecule has 1 aromatic carbocycles. The van der Waals surface area contributed by atoms with E-state index in [1.54, 1.807) is 31.9 Å². The normalized spacial score (nSPS) is 13.1. The van der Waals surface area contributed by atoms with Crippen molar-refractivity contribution < 1.29 is 9.47 Å². The maximum absolute atomic E-state index is 5.37. The van der Waals surface area contributed by atoms with Crippen LogP contribution in [0.4, 0.5) is 5.82 Å². The van der Waals surface area contributed by atoms with Crippen molar-refractivity contribution in [1.29, 1.82) is 0 Å². The second-order valence-electron chi connectivity index (χ2n) is 5.80. The van der Waals surface area contributed by atoms with Crippen LogP contribution in [0, 0.1) is 0 Å². The van der Waals surface area contributed by atoms with Crippen LogP contribution < -0.4 is 14.8 Å². The van der Waals surface area contributed by atoms with Gasteiger partial charge in [-0.15, -0.1) is 11.3 Å². The molecule has 0 spiro atoms. The lowest BCUT2D eigenvalue weighted by atomic mass is 10.1. The average molecular weight is 341 g/mol. The summed E-state index contributed by atoms with van der Waals surface area (Å²) in [5, 5.41) is 4.67. The van der Waals surface area contributed by atoms with Gasteiger partial charge in [0.1, 0.15) is 17.0 Å². The molecule has 1 aliphatic carbocycles. The van der Waals surface area contributed by atoms with Crippen molar-refractivity contribution >= 4 is 27.4 Å². The molecule has 1 N–H and O–H groups in total. The number of rotatable bonds is 5. The van der Waals surface area contributed by atoms with E-state index in [1.165, 1.54) is 28.7 Å². The van der Waals surface area contributed by atoms with Gasteiger partial charge in [0.2, 0.25) is 0 Å². The standard InChI is InChI=1S/C18H19N3O2S/c1-22-13-7-6-11(8-14(13)23-2)9-19-17-16-12-4-3-5-15(12)24-18(16)21-10-20-17/h6-8,10H,3-5,9H2,1-2H3,(H,19,20,21). The maximum Gasteiger partial charge on any atom is 0.161 e. The Kier molecular flexibility index (Phi) is 3.98. The molecular formula is C18H19N3O2S. The molecule has 4 rings (SSSR count). The molecule has 0 saturated carbocycles. The van der Waals surface area contributed by atoms with E-state index < -0.39 is 0 Å². The number of methoxy groups -OCH3 is 2. The fourth-order valence-electron chi connectivity index (χ4n) is 3.24. The Balaban J connectivity index is 1.61. The van der Waals surface area contributed by atoms with E-state index in [0.717, 1.165) is 34.1 Å². The zero-order valence-corrected chi connectivity index (χ0v) is 14.6. The fraction of sp³-hybridized carbons (Fsp3) is 0.333. The third-order valence-electron chi connectivity index (χ3n) is 4.41. The molecule has 5 nitrogen and oxygen atoms in total. The van der Waals surface area contributed by atoms with E-state index in [0.29, 0.717) is 6.54 Å². The van der Waals surface area contributed by atoms with Crippen LogP contribution in [0.3, 0.4) is 0 Å². The number of aryl methyl sites for hydroxylation is 2. The summed E-state index contributed by atoms with van der Waals surface area (Å²) in [6, 6.07) is 5.95. The number of thiophene rings is 1. The Labute approximate surface area is 144 Å². The highest BCUT2D eigenvalue weighted by Crippen LogP contribution is 2.39. The first-order valence-electron chi connectivity index (χ1n) is 8.00. The van der Waals surface area contributed by atoms with Crippen molar-refractivity contribution in [3.05, 3.63) is 40.5 Å². The number of hydrogen-bond donors (Lipinski definition) is 1. The van der Waals surface area contributed by atoms with Gasteiger partial charge in [0.25, 0.3) is 0 Å². The number of nitrogens with zero attached hydrogens (tertiary/aromatic N) is 2. The lowest BCUT2D eigenvalue weighted by molar-refractivity contribution is 0.354. The van der Waals surface area contributed by atoms with Crippen molar-refractivity contribution in [2.75, 3.05) is 19.5 Å². The third kappa shape index (κ3) is 2.57. The SMILES string of the molecule is COc1ccc(CNc2ncnc3sc4c(c23)CCC4)cc1OC. The Bertz CT molecular complexity index is 891. The van der Waals surface area contributed by atoms with Crippen LogP contribution in [0.25, 0.3) is 10.2 Å². The van der Waals surface area contributed by atoms with Crippen LogP contribution in [0.5, 0.6) is 11.5 Å². The summed E-state index contributed by atoms with van der Waals surface area (Å²) in [6.45, 7) is 0.678. The van der Waals surface area contributed by atoms with Crippen LogP contribution in [0.2, 0.25) is 0 Å². The molecule has 0 bridgehead atoms. The van der Waals surface area contributed by atoms with Gasteiger partial charge in [0.05, 0.1) is 19.6 Å². The molecular weight excluding hydrogens is 322 g/mol. The van der Waals surface area contributed by atoms with Crippen molar-refractivity contribution in [2.45, 2.75) is 25.8 Å². The first-order valence-corrected chi connectivity index (χ1v) is 8.82. The number of anilines is 1. The Morgan fingerprint density at radius 2 is 2.00 bits per heavy atom. The maximum atomic E-state index is 5.37. The molecule has 0 fully saturated rings. The summed E-state index contributed by atoms with van der Waals surface area (Å²) in [5.41, 5.74) is 2.55. The highest BCUT2D eigenvalue weighted by Gasteiger charge is 2.21. The van der Waals surface area contributed by atoms with Gasteiger partial charge in [-0.3, -0.25) is 0 Å². The van der Waals surface area contributed by atoms with E-state index in [-0.39, 0.29) is 0 Å². The van der Waals surface area contributed by atoms with Gasteiger partial charge in [0, 0.05) is 11.4 Å². The molecule has 24 heavy (non-hydrogen) atoms. The summed E-state index contributed by atoms with van der Waals surface area (Å²) in [6.07, 6.45) is 5.19. The second-order valence-corrected chi connectivity index (χ2v) is 6.89. The Morgan fingerprint density at radius 3 is 2.83 bits per heavy atom. The lowest BCUT2D eigenvalue weighted by Crippen LogP contribution is -2.03. The lowest BCUT2D eigenvalue weighted by Gasteiger charge is -2.11. The van der Waals surface area contributed by atoms with Crippen LogP contribution in [0.1, 0.15) is 22.4 Å². The first kappa shape index (κ1) is 15.2. The Hall–Kier alpha value is -2.34. The van der Waals surface area contributed by atoms with E-state index >= 15 is 0 Å². The largest absolute Gasteiger partial charge is 0.493 e. The van der Waals surface area contributed by atoms with Gasteiger partial charge < -0.3 is 14.8 Å². The van der Waals surface area contributed by atoms with Crippen molar-refractivity contribution in [1.82, 2.24) is 9.97 Å². The predicted molar refractivity (Wildman–Crippen MR) is 96.3 cm³/mol. The van der Waals surface area contributed by atoms with E-state index in [2.05, 4.69) is 15.3 Å². The number of aromatic nitrogens is 2. The smallest absolute Gasteiger partial charge is 0.161 e. The van der Waals surface area contributed by atoms with Crippen LogP contribution in [-0.2, 0) is 19.4 Å². The molecule has 0 saturated heterocycles. The topological polar surface area (TPSA) is 56.3 Å². The number of benzene rings is 1. The van der Waals surface area contributed by atoms with Gasteiger partial charge in [-0.25, -0.2) is 9.97 Å². The van der Waals surface area contributed by atoms with E-state index in [4.69, 9.17) is 9.47 Å². The van der Waals surface area contributed by atoms with E-state index in [1.807, 2.05) is 18.2 Å². The van der Waals surface area contributed by atoms with Gasteiger partial charge in [0.15, 0.2) is 11.5 Å². The zero-order valence-electron chi connectivity index (χ0n) is 13.8. The summed E-state index contributed by atoms with van der Waals surface area (Å²) in [5.74, 6) is 2.40. The molecule has 1 aliphatic rings. The average Bonchev–Trinajstić information content (AvgIpc) is 3.20. The van der Waals surface area contributed by atoms with Gasteiger partial charge in [-0.2, -0.15) is 0 Å². The molecule has 3 aromatic rings. The van der Waals surface area contributed by atoms with Crippen molar-refractivity contribution in [3.8, 4) is 11.5 Å². The summed E-state index contributed by atoms with van der Waals surface area (Å²) in [4.78, 5) is 11.5. The molecule has 124 valence electrons. The number of fused-ring (bicyclic) bond motifs is 3. The number of nitrogens with one attached hydrogen (secondary N) is 1. The Morgan fingerprint density at radius 1 is 1.12 bits per heavy atom. The summed E-state index contributed by atoms with van der Waals surface area (Å²) in [7, 11) is 3.29. The van der Waals surface area contributed by atoms with Gasteiger partial charge in [-0.1, -0.05) is 6.07 Å². The minimum atomic E-state index is 0.678. The van der Waals surface area contributed by atoms with Crippen LogP contribution >= 0.6 is 11.3 Å². The minimum Gasteiger partial charge on any atom is -0.493 e.